The summed E-state index contributed by atoms with van der Waals surface area (Å²) in [6.07, 6.45) is -4.60. The van der Waals surface area contributed by atoms with Crippen LogP contribution in [-0.4, -0.2) is 33.8 Å². The van der Waals surface area contributed by atoms with Crippen molar-refractivity contribution in [2.24, 2.45) is 0 Å². The van der Waals surface area contributed by atoms with Gasteiger partial charge in [0.15, 0.2) is 0 Å². The number of halogens is 4. The Balaban J connectivity index is 1.82. The van der Waals surface area contributed by atoms with Crippen molar-refractivity contribution >= 4 is 17.6 Å². The van der Waals surface area contributed by atoms with Crippen molar-refractivity contribution in [1.29, 1.82) is 0 Å². The first kappa shape index (κ1) is 23.5. The number of nitrogens with one attached hydrogen (secondary N) is 2. The average Bonchev–Trinajstić information content (AvgIpc) is 3.09. The smallest absolute Gasteiger partial charge is 0.339 e. The number of anilines is 1. The van der Waals surface area contributed by atoms with Gasteiger partial charge in [0.2, 0.25) is 5.91 Å². The van der Waals surface area contributed by atoms with Gasteiger partial charge in [-0.25, -0.2) is 9.07 Å². The van der Waals surface area contributed by atoms with Gasteiger partial charge in [-0.2, -0.15) is 18.3 Å². The number of carbonyl (C=O) groups is 2. The molecule has 1 aliphatic heterocycles. The molecule has 4 rings (SSSR count). The van der Waals surface area contributed by atoms with Gasteiger partial charge in [-0.15, -0.1) is 0 Å². The van der Waals surface area contributed by atoms with Gasteiger partial charge in [0, 0.05) is 17.0 Å². The van der Waals surface area contributed by atoms with Crippen molar-refractivity contribution in [2.75, 3.05) is 5.32 Å². The monoisotopic (exact) mass is 474 g/mol. The van der Waals surface area contributed by atoms with Crippen molar-refractivity contribution in [3.05, 3.63) is 82.3 Å². The molecule has 10 heteroatoms. The molecule has 0 fully saturated rings. The van der Waals surface area contributed by atoms with Crippen LogP contribution < -0.4 is 10.6 Å². The van der Waals surface area contributed by atoms with E-state index in [4.69, 9.17) is 0 Å². The summed E-state index contributed by atoms with van der Waals surface area (Å²) < 4.78 is 54.8. The summed E-state index contributed by atoms with van der Waals surface area (Å²) in [5.41, 5.74) is 2.22. The molecule has 2 N–H and O–H groups in total. The van der Waals surface area contributed by atoms with E-state index in [2.05, 4.69) is 15.7 Å². The maximum Gasteiger partial charge on any atom is 0.410 e. The maximum atomic E-state index is 13.6. The van der Waals surface area contributed by atoms with Crippen LogP contribution in [0, 0.1) is 19.7 Å². The Morgan fingerprint density at radius 3 is 2.44 bits per heavy atom. The molecule has 2 amide bonds. The van der Waals surface area contributed by atoms with E-state index < -0.39 is 41.8 Å². The Morgan fingerprint density at radius 2 is 1.82 bits per heavy atom. The van der Waals surface area contributed by atoms with Crippen LogP contribution in [0.15, 0.2) is 48.5 Å². The summed E-state index contributed by atoms with van der Waals surface area (Å²) in [7, 11) is 0. The quantitative estimate of drug-likeness (QED) is 0.541. The highest BCUT2D eigenvalue weighted by molar-refractivity contribution is 6.04. The second-order valence-electron chi connectivity index (χ2n) is 8.35. The van der Waals surface area contributed by atoms with E-state index >= 15 is 0 Å². The van der Waals surface area contributed by atoms with Gasteiger partial charge in [-0.1, -0.05) is 29.8 Å². The Morgan fingerprint density at radius 1 is 1.15 bits per heavy atom. The van der Waals surface area contributed by atoms with Gasteiger partial charge in [-0.3, -0.25) is 9.59 Å². The molecule has 0 saturated carbocycles. The van der Waals surface area contributed by atoms with Crippen molar-refractivity contribution in [2.45, 2.75) is 44.9 Å². The third-order valence-corrected chi connectivity index (χ3v) is 5.94. The molecule has 3 aromatic rings. The molecule has 0 radical (unpaired) electrons. The maximum absolute atomic E-state index is 13.6. The zero-order chi connectivity index (χ0) is 24.8. The highest BCUT2D eigenvalue weighted by Gasteiger charge is 2.45. The topological polar surface area (TPSA) is 76.0 Å². The first-order valence-electron chi connectivity index (χ1n) is 10.6. The summed E-state index contributed by atoms with van der Waals surface area (Å²) in [4.78, 5) is 26.1. The van der Waals surface area contributed by atoms with E-state index in [1.54, 1.807) is 18.2 Å². The number of hydrogen-bond acceptors (Lipinski definition) is 3. The largest absolute Gasteiger partial charge is 0.410 e. The van der Waals surface area contributed by atoms with Crippen LogP contribution in [0.25, 0.3) is 0 Å². The minimum Gasteiger partial charge on any atom is -0.339 e. The lowest BCUT2D eigenvalue weighted by molar-refractivity contribution is -0.165. The molecule has 1 aromatic heterocycles. The zero-order valence-corrected chi connectivity index (χ0v) is 18.6. The molecule has 6 nitrogen and oxygen atoms in total. The number of amides is 2. The molecule has 34 heavy (non-hydrogen) atoms. The summed E-state index contributed by atoms with van der Waals surface area (Å²) in [6, 6.07) is 8.88. The van der Waals surface area contributed by atoms with E-state index in [1.807, 2.05) is 13.0 Å². The standard InChI is InChI=1S/C24H22F4N4O2/c1-12-5-4-6-16(11-12)22(33)29-20-19(15-7-9-17(25)10-8-15)18-13(2)31-32(14(3)24(26,27)28)21(18)30-23(20)34/h4-11,14,19-20H,1-3H3,(H,29,33)(H,30,34)/t14?,19-,20-/m0/s1. The van der Waals surface area contributed by atoms with Gasteiger partial charge in [-0.05, 0) is 50.6 Å². The number of benzene rings is 2. The van der Waals surface area contributed by atoms with Crippen LogP contribution in [-0.2, 0) is 4.79 Å². The number of rotatable bonds is 4. The average molecular weight is 474 g/mol. The number of aromatic nitrogens is 2. The van der Waals surface area contributed by atoms with Crippen molar-refractivity contribution in [1.82, 2.24) is 15.1 Å². The Hall–Kier alpha value is -3.69. The highest BCUT2D eigenvalue weighted by atomic mass is 19.4. The zero-order valence-electron chi connectivity index (χ0n) is 18.6. The highest BCUT2D eigenvalue weighted by Crippen LogP contribution is 2.42. The molecule has 178 valence electrons. The number of carbonyl (C=O) groups excluding carboxylic acids is 2. The lowest BCUT2D eigenvalue weighted by Gasteiger charge is -2.33. The van der Waals surface area contributed by atoms with Gasteiger partial charge in [0.1, 0.15) is 23.7 Å². The fourth-order valence-electron chi connectivity index (χ4n) is 4.18. The van der Waals surface area contributed by atoms with E-state index in [1.165, 1.54) is 31.2 Å². The van der Waals surface area contributed by atoms with Gasteiger partial charge < -0.3 is 10.6 Å². The molecule has 0 aliphatic carbocycles. The normalized spacial score (nSPS) is 18.7. The molecule has 3 atom stereocenters. The number of nitrogens with zero attached hydrogens (tertiary/aromatic N) is 2. The summed E-state index contributed by atoms with van der Waals surface area (Å²) in [6.45, 7) is 4.29. The minimum absolute atomic E-state index is 0.0947. The van der Waals surface area contributed by atoms with E-state index in [-0.39, 0.29) is 11.5 Å². The number of aryl methyl sites for hydroxylation is 2. The number of hydrogen-bond donors (Lipinski definition) is 2. The second kappa shape index (κ2) is 8.58. The van der Waals surface area contributed by atoms with E-state index in [9.17, 15) is 27.2 Å². The minimum atomic E-state index is -4.60. The van der Waals surface area contributed by atoms with Crippen molar-refractivity contribution in [3.63, 3.8) is 0 Å². The fourth-order valence-corrected chi connectivity index (χ4v) is 4.18. The second-order valence-corrected chi connectivity index (χ2v) is 8.35. The molecule has 2 heterocycles. The SMILES string of the molecule is Cc1cccc(C(=O)N[C@@H]2C(=O)Nc3c(c(C)nn3C(C)C(F)(F)F)[C@@H]2c2ccc(F)cc2)c1. The van der Waals surface area contributed by atoms with Crippen LogP contribution in [0.1, 0.15) is 51.6 Å². The molecule has 1 unspecified atom stereocenters. The molecule has 0 saturated heterocycles. The third-order valence-electron chi connectivity index (χ3n) is 5.94. The van der Waals surface area contributed by atoms with Crippen LogP contribution in [0.4, 0.5) is 23.4 Å². The first-order valence-corrected chi connectivity index (χ1v) is 10.6. The third kappa shape index (κ3) is 4.27. The van der Waals surface area contributed by atoms with Gasteiger partial charge >= 0.3 is 6.18 Å². The van der Waals surface area contributed by atoms with Crippen LogP contribution >= 0.6 is 0 Å². The lowest BCUT2D eigenvalue weighted by Crippen LogP contribution is -2.51. The van der Waals surface area contributed by atoms with E-state index in [0.29, 0.717) is 16.7 Å². The lowest BCUT2D eigenvalue weighted by atomic mass is 9.81. The predicted octanol–water partition coefficient (Wildman–Crippen LogP) is 4.64. The predicted molar refractivity (Wildman–Crippen MR) is 117 cm³/mol. The molecule has 2 aromatic carbocycles. The Bertz CT molecular complexity index is 1250. The fraction of sp³-hybridized carbons (Fsp3) is 0.292. The molecule has 0 spiro atoms. The van der Waals surface area contributed by atoms with Gasteiger partial charge in [0.25, 0.3) is 5.91 Å². The van der Waals surface area contributed by atoms with Crippen molar-refractivity contribution in [3.8, 4) is 0 Å². The van der Waals surface area contributed by atoms with Crippen LogP contribution in [0.3, 0.4) is 0 Å². The Kier molecular flexibility index (Phi) is 5.93. The summed E-state index contributed by atoms with van der Waals surface area (Å²) in [5, 5.41) is 9.28. The molecule has 1 aliphatic rings. The first-order chi connectivity index (χ1) is 16.0. The number of fused-ring (bicyclic) bond motifs is 1. The van der Waals surface area contributed by atoms with Gasteiger partial charge in [0.05, 0.1) is 5.69 Å². The summed E-state index contributed by atoms with van der Waals surface area (Å²) >= 11 is 0. The molecular weight excluding hydrogens is 452 g/mol. The van der Waals surface area contributed by atoms with Crippen LogP contribution in [0.5, 0.6) is 0 Å². The molecular formula is C24H22F4N4O2. The van der Waals surface area contributed by atoms with E-state index in [0.717, 1.165) is 17.2 Å². The number of alkyl halides is 3. The molecule has 0 bridgehead atoms. The van der Waals surface area contributed by atoms with Crippen molar-refractivity contribution < 1.29 is 27.2 Å². The van der Waals surface area contributed by atoms with Crippen LogP contribution in [0.2, 0.25) is 0 Å². The summed E-state index contributed by atoms with van der Waals surface area (Å²) in [5.74, 6) is -2.70. The Labute approximate surface area is 193 Å².